The zero-order chi connectivity index (χ0) is 9.90. The van der Waals surface area contributed by atoms with Gasteiger partial charge in [-0.15, -0.1) is 0 Å². The van der Waals surface area contributed by atoms with E-state index in [-0.39, 0.29) is 0 Å². The molecule has 0 aliphatic heterocycles. The van der Waals surface area contributed by atoms with Gasteiger partial charge in [0.15, 0.2) is 0 Å². The predicted octanol–water partition coefficient (Wildman–Crippen LogP) is 0.609. The molecule has 0 unspecified atom stereocenters. The Morgan fingerprint density at radius 3 is 2.15 bits per heavy atom. The van der Waals surface area contributed by atoms with Gasteiger partial charge in [0.05, 0.1) is 0 Å². The smallest absolute Gasteiger partial charge is 0.290 e. The molecule has 0 aromatic heterocycles. The van der Waals surface area contributed by atoms with E-state index in [1.165, 1.54) is 0 Å². The van der Waals surface area contributed by atoms with Gasteiger partial charge in [-0.25, -0.2) is 0 Å². The molecule has 0 aliphatic carbocycles. The maximum Gasteiger partial charge on any atom is 0.411 e. The molecule has 0 saturated carbocycles. The summed E-state index contributed by atoms with van der Waals surface area (Å²) in [7, 11) is -3.99. The van der Waals surface area contributed by atoms with E-state index in [1.54, 1.807) is 30.3 Å². The zero-order valence-corrected chi connectivity index (χ0v) is 7.69. The van der Waals surface area contributed by atoms with Gasteiger partial charge < -0.3 is 0 Å². The Labute approximate surface area is 76.1 Å². The third-order valence-electron chi connectivity index (χ3n) is 1.45. The Hall–Kier alpha value is -0.800. The predicted molar refractivity (Wildman–Crippen MR) is 49.2 cm³/mol. The fraction of sp³-hybridized carbons (Fsp3) is 0.125. The van der Waals surface area contributed by atoms with Gasteiger partial charge in [-0.3, -0.25) is 4.79 Å². The van der Waals surface area contributed by atoms with Crippen molar-refractivity contribution in [2.24, 2.45) is 0 Å². The third-order valence-corrected chi connectivity index (χ3v) is 2.16. The highest BCUT2D eigenvalue weighted by molar-refractivity contribution is 7.59. The first-order chi connectivity index (χ1) is 5.99. The molecule has 1 aromatic rings. The number of Topliss-reactive ketones (excluding diaryl/α,β-unsaturated/α-hetero) is 1. The van der Waals surface area contributed by atoms with E-state index >= 15 is 0 Å². The quantitative estimate of drug-likeness (QED) is 0.494. The summed E-state index contributed by atoms with van der Waals surface area (Å²) in [5.74, 6) is -0.471. The fourth-order valence-electron chi connectivity index (χ4n) is 0.908. The number of benzene rings is 1. The van der Waals surface area contributed by atoms with Gasteiger partial charge in [0.1, 0.15) is 0 Å². The highest BCUT2D eigenvalue weighted by Gasteiger charge is 2.33. The molecule has 0 bridgehead atoms. The van der Waals surface area contributed by atoms with Crippen molar-refractivity contribution in [3.63, 3.8) is 0 Å². The summed E-state index contributed by atoms with van der Waals surface area (Å²) in [6, 6.07) is 8.19. The minimum Gasteiger partial charge on any atom is -0.290 e. The molecule has 0 radical (unpaired) electrons. The lowest BCUT2D eigenvalue weighted by Gasteiger charge is -2.02. The van der Waals surface area contributed by atoms with Crippen molar-refractivity contribution in [1.29, 1.82) is 0 Å². The second-order valence-electron chi connectivity index (χ2n) is 2.64. The summed E-state index contributed by atoms with van der Waals surface area (Å²) in [4.78, 5) is 37.2. The first-order valence-corrected chi connectivity index (χ1v) is 5.47. The molecule has 70 valence electrons. The van der Waals surface area contributed by atoms with Gasteiger partial charge in [-0.2, -0.15) is 14.7 Å². The topological polar surface area (TPSA) is 77.8 Å². The lowest BCUT2D eigenvalue weighted by atomic mass is 10.2. The Morgan fingerprint density at radius 2 is 1.69 bits per heavy atom. The Morgan fingerprint density at radius 1 is 1.15 bits per heavy atom. The van der Waals surface area contributed by atoms with Crippen LogP contribution < -0.4 is 0 Å². The van der Waals surface area contributed by atoms with Crippen LogP contribution in [0, 0.1) is 0 Å². The van der Waals surface area contributed by atoms with Crippen LogP contribution >= 0.6 is 7.94 Å². The first kappa shape index (κ1) is 10.3. The van der Waals surface area contributed by atoms with Gasteiger partial charge in [0.2, 0.25) is 11.9 Å². The van der Waals surface area contributed by atoms with Crippen molar-refractivity contribution in [1.82, 2.24) is 0 Å². The number of carbonyl (C=O) groups excluding carboxylic acids is 1. The van der Waals surface area contributed by atoms with Crippen molar-refractivity contribution in [3.05, 3.63) is 35.9 Å². The summed E-state index contributed by atoms with van der Waals surface area (Å²) in [5, 5.41) is 0. The highest BCUT2D eigenvalue weighted by atomic mass is 31.2. The lowest BCUT2D eigenvalue weighted by Crippen LogP contribution is -2.08. The molecular weight excluding hydrogens is 191 g/mol. The molecule has 0 spiro atoms. The summed E-state index contributed by atoms with van der Waals surface area (Å²) >= 11 is 0. The molecule has 1 rings (SSSR count). The van der Waals surface area contributed by atoms with Crippen molar-refractivity contribution in [2.45, 2.75) is 0 Å². The minimum absolute atomic E-state index is 0.365. The largest absolute Gasteiger partial charge is 0.411 e. The van der Waals surface area contributed by atoms with E-state index in [0.29, 0.717) is 5.56 Å². The van der Waals surface area contributed by atoms with E-state index in [2.05, 4.69) is 0 Å². The van der Waals surface area contributed by atoms with Crippen molar-refractivity contribution in [2.75, 3.05) is 6.16 Å². The average molecular weight is 201 g/mol. The maximum atomic E-state index is 11.2. The standard InChI is InChI=1S/C8H10O4P/c9-8(6-13(10,11)12)7-4-2-1-3-5-7/h1-5,10-12H,6H2/q+1. The second-order valence-corrected chi connectivity index (χ2v) is 4.34. The molecule has 0 saturated heterocycles. The van der Waals surface area contributed by atoms with Crippen LogP contribution in [-0.4, -0.2) is 26.6 Å². The van der Waals surface area contributed by atoms with Crippen LogP contribution in [0.4, 0.5) is 0 Å². The molecular formula is C8H10O4P+. The van der Waals surface area contributed by atoms with Gasteiger partial charge in [0, 0.05) is 5.56 Å². The van der Waals surface area contributed by atoms with Crippen LogP contribution in [0.2, 0.25) is 0 Å². The third kappa shape index (κ3) is 3.61. The molecule has 0 amide bonds. The summed E-state index contributed by atoms with van der Waals surface area (Å²) < 4.78 is 0. The molecule has 1 aromatic carbocycles. The molecule has 0 fully saturated rings. The molecule has 0 aliphatic rings. The molecule has 4 nitrogen and oxygen atoms in total. The van der Waals surface area contributed by atoms with Gasteiger partial charge in [-0.05, 0) is 0 Å². The lowest BCUT2D eigenvalue weighted by molar-refractivity contribution is 0.101. The number of carbonyl (C=O) groups is 1. The molecule has 3 N–H and O–H groups in total. The number of ketones is 1. The summed E-state index contributed by atoms with van der Waals surface area (Å²) in [6.45, 7) is 0. The highest BCUT2D eigenvalue weighted by Crippen LogP contribution is 2.44. The van der Waals surface area contributed by atoms with E-state index in [9.17, 15) is 4.79 Å². The second kappa shape index (κ2) is 3.94. The monoisotopic (exact) mass is 201 g/mol. The van der Waals surface area contributed by atoms with Gasteiger partial charge in [0.25, 0.3) is 0 Å². The number of hydrogen-bond donors (Lipinski definition) is 3. The van der Waals surface area contributed by atoms with E-state index in [4.69, 9.17) is 14.7 Å². The maximum absolute atomic E-state index is 11.2. The van der Waals surface area contributed by atoms with Crippen LogP contribution in [0.1, 0.15) is 10.4 Å². The fourth-order valence-corrected chi connectivity index (χ4v) is 1.48. The summed E-state index contributed by atoms with van der Waals surface area (Å²) in [5.41, 5.74) is 0.365. The van der Waals surface area contributed by atoms with Crippen LogP contribution in [0.15, 0.2) is 30.3 Å². The van der Waals surface area contributed by atoms with Crippen LogP contribution in [0.3, 0.4) is 0 Å². The van der Waals surface area contributed by atoms with Gasteiger partial charge in [-0.1, -0.05) is 30.3 Å². The van der Waals surface area contributed by atoms with Crippen molar-refractivity contribution >= 4 is 13.7 Å². The average Bonchev–Trinajstić information content (AvgIpc) is 2.03. The van der Waals surface area contributed by atoms with Crippen LogP contribution in [-0.2, 0) is 0 Å². The molecule has 0 atom stereocenters. The normalized spacial score (nSPS) is 11.3. The van der Waals surface area contributed by atoms with Crippen LogP contribution in [0.5, 0.6) is 0 Å². The minimum atomic E-state index is -3.99. The molecule has 13 heavy (non-hydrogen) atoms. The van der Waals surface area contributed by atoms with E-state index in [1.807, 2.05) is 0 Å². The first-order valence-electron chi connectivity index (χ1n) is 3.63. The van der Waals surface area contributed by atoms with Crippen molar-refractivity contribution < 1.29 is 19.5 Å². The summed E-state index contributed by atoms with van der Waals surface area (Å²) in [6.07, 6.45) is -0.614. The Balaban J connectivity index is 2.71. The number of hydrogen-bond acceptors (Lipinski definition) is 4. The van der Waals surface area contributed by atoms with E-state index < -0.39 is 19.9 Å². The Bertz CT molecular complexity index is 291. The van der Waals surface area contributed by atoms with Crippen molar-refractivity contribution in [3.8, 4) is 0 Å². The SMILES string of the molecule is O=C(C[P+](O)(O)O)c1ccccc1. The number of rotatable bonds is 3. The Kier molecular flexibility index (Phi) is 3.12. The zero-order valence-electron chi connectivity index (χ0n) is 6.79. The van der Waals surface area contributed by atoms with Gasteiger partial charge >= 0.3 is 7.94 Å². The molecule has 5 heteroatoms. The van der Waals surface area contributed by atoms with Crippen LogP contribution in [0.25, 0.3) is 0 Å². The van der Waals surface area contributed by atoms with E-state index in [0.717, 1.165) is 0 Å². The molecule has 0 heterocycles.